The highest BCUT2D eigenvalue weighted by Crippen LogP contribution is 2.16. The first kappa shape index (κ1) is 16.5. The molecule has 1 aromatic rings. The highest BCUT2D eigenvalue weighted by Gasteiger charge is 2.31. The molecule has 0 spiro atoms. The van der Waals surface area contributed by atoms with Gasteiger partial charge in [0.05, 0.1) is 12.3 Å². The van der Waals surface area contributed by atoms with E-state index < -0.39 is 10.0 Å². The molecule has 7 heteroatoms. The topological polar surface area (TPSA) is 57.7 Å². The first-order valence-electron chi connectivity index (χ1n) is 7.22. The third kappa shape index (κ3) is 4.05. The van der Waals surface area contributed by atoms with Gasteiger partial charge >= 0.3 is 0 Å². The minimum absolute atomic E-state index is 0.0237. The molecule has 2 rings (SSSR count). The first-order chi connectivity index (χ1) is 9.94. The number of rotatable bonds is 6. The summed E-state index contributed by atoms with van der Waals surface area (Å²) in [5.41, 5.74) is 1.22. The van der Waals surface area contributed by atoms with E-state index in [-0.39, 0.29) is 24.2 Å². The zero-order valence-electron chi connectivity index (χ0n) is 12.5. The number of hydrogen-bond donors (Lipinski definition) is 0. The fraction of sp³-hybridized carbons (Fsp3) is 0.643. The van der Waals surface area contributed by atoms with Gasteiger partial charge in [-0.2, -0.15) is 15.6 Å². The second kappa shape index (κ2) is 6.89. The second-order valence-electron chi connectivity index (χ2n) is 5.37. The lowest BCUT2D eigenvalue weighted by Crippen LogP contribution is -2.45. The van der Waals surface area contributed by atoms with Crippen molar-refractivity contribution in [1.29, 1.82) is 0 Å². The monoisotopic (exact) mass is 330 g/mol. The van der Waals surface area contributed by atoms with Crippen LogP contribution in [-0.4, -0.2) is 55.0 Å². The van der Waals surface area contributed by atoms with Gasteiger partial charge in [0.1, 0.15) is 0 Å². The van der Waals surface area contributed by atoms with Gasteiger partial charge in [0, 0.05) is 19.1 Å². The van der Waals surface area contributed by atoms with Gasteiger partial charge in [-0.05, 0) is 49.1 Å². The summed E-state index contributed by atoms with van der Waals surface area (Å²) in [5, 5.41) is 4.11. The summed E-state index contributed by atoms with van der Waals surface area (Å²) in [5.74, 6) is 0.0577. The van der Waals surface area contributed by atoms with E-state index in [0.717, 1.165) is 6.42 Å². The SMILES string of the molecule is CCN(C(=O)CN1CCCS1(=O)=O)[C@@H](C)Cc1ccsc1. The van der Waals surface area contributed by atoms with Gasteiger partial charge in [-0.15, -0.1) is 0 Å². The number of hydrogen-bond acceptors (Lipinski definition) is 4. The third-order valence-electron chi connectivity index (χ3n) is 3.82. The molecule has 0 saturated carbocycles. The first-order valence-corrected chi connectivity index (χ1v) is 9.77. The maximum atomic E-state index is 12.4. The average molecular weight is 330 g/mol. The minimum Gasteiger partial charge on any atom is -0.339 e. The lowest BCUT2D eigenvalue weighted by Gasteiger charge is -2.29. The molecule has 0 aromatic carbocycles. The van der Waals surface area contributed by atoms with Crippen LogP contribution < -0.4 is 0 Å². The molecule has 0 N–H and O–H groups in total. The summed E-state index contributed by atoms with van der Waals surface area (Å²) in [6.45, 7) is 4.98. The van der Waals surface area contributed by atoms with Crippen molar-refractivity contribution < 1.29 is 13.2 Å². The van der Waals surface area contributed by atoms with Gasteiger partial charge in [-0.1, -0.05) is 0 Å². The Morgan fingerprint density at radius 2 is 2.29 bits per heavy atom. The Morgan fingerprint density at radius 3 is 2.81 bits per heavy atom. The second-order valence-corrected chi connectivity index (χ2v) is 8.24. The number of sulfonamides is 1. The van der Waals surface area contributed by atoms with Crippen molar-refractivity contribution in [2.75, 3.05) is 25.4 Å². The van der Waals surface area contributed by atoms with E-state index in [9.17, 15) is 13.2 Å². The van der Waals surface area contributed by atoms with Crippen LogP contribution >= 0.6 is 11.3 Å². The summed E-state index contributed by atoms with van der Waals surface area (Å²) in [6.07, 6.45) is 1.42. The molecule has 1 atom stereocenters. The number of thiophene rings is 1. The molecule has 1 aliphatic rings. The lowest BCUT2D eigenvalue weighted by molar-refractivity contribution is -0.133. The van der Waals surface area contributed by atoms with Crippen LogP contribution in [0.25, 0.3) is 0 Å². The minimum atomic E-state index is -3.21. The fourth-order valence-corrected chi connectivity index (χ4v) is 4.85. The Bertz CT molecular complexity index is 569. The van der Waals surface area contributed by atoms with Crippen LogP contribution in [0.5, 0.6) is 0 Å². The van der Waals surface area contributed by atoms with Gasteiger partial charge in [-0.25, -0.2) is 8.42 Å². The molecule has 21 heavy (non-hydrogen) atoms. The van der Waals surface area contributed by atoms with Crippen LogP contribution in [0, 0.1) is 0 Å². The Balaban J connectivity index is 1.98. The van der Waals surface area contributed by atoms with E-state index >= 15 is 0 Å². The van der Waals surface area contributed by atoms with E-state index in [1.54, 1.807) is 16.2 Å². The van der Waals surface area contributed by atoms with Gasteiger partial charge in [0.2, 0.25) is 15.9 Å². The van der Waals surface area contributed by atoms with Crippen LogP contribution in [0.15, 0.2) is 16.8 Å². The molecular weight excluding hydrogens is 308 g/mol. The van der Waals surface area contributed by atoms with E-state index in [4.69, 9.17) is 0 Å². The number of amides is 1. The van der Waals surface area contributed by atoms with Crippen molar-refractivity contribution >= 4 is 27.3 Å². The van der Waals surface area contributed by atoms with Crippen LogP contribution in [0.3, 0.4) is 0 Å². The van der Waals surface area contributed by atoms with Gasteiger partial charge in [0.25, 0.3) is 0 Å². The molecule has 1 amide bonds. The molecule has 2 heterocycles. The summed E-state index contributed by atoms with van der Waals surface area (Å²) < 4.78 is 24.9. The van der Waals surface area contributed by atoms with Gasteiger partial charge in [-0.3, -0.25) is 4.79 Å². The summed E-state index contributed by atoms with van der Waals surface area (Å²) >= 11 is 1.64. The van der Waals surface area contributed by atoms with Crippen molar-refractivity contribution in [1.82, 2.24) is 9.21 Å². The number of likely N-dealkylation sites (N-methyl/N-ethyl adjacent to an activating group) is 1. The number of carbonyl (C=O) groups excluding carboxylic acids is 1. The molecule has 1 saturated heterocycles. The molecule has 0 bridgehead atoms. The Hall–Kier alpha value is -0.920. The molecule has 5 nitrogen and oxygen atoms in total. The van der Waals surface area contributed by atoms with E-state index in [0.29, 0.717) is 19.5 Å². The van der Waals surface area contributed by atoms with Crippen molar-refractivity contribution in [3.05, 3.63) is 22.4 Å². The van der Waals surface area contributed by atoms with Gasteiger partial charge in [0.15, 0.2) is 0 Å². The van der Waals surface area contributed by atoms with Crippen LogP contribution in [-0.2, 0) is 21.2 Å². The molecule has 0 unspecified atom stereocenters. The van der Waals surface area contributed by atoms with E-state index in [1.807, 2.05) is 19.2 Å². The fourth-order valence-electron chi connectivity index (χ4n) is 2.70. The van der Waals surface area contributed by atoms with Crippen molar-refractivity contribution in [3.63, 3.8) is 0 Å². The lowest BCUT2D eigenvalue weighted by atomic mass is 10.1. The number of nitrogens with zero attached hydrogens (tertiary/aromatic N) is 2. The molecule has 1 aliphatic heterocycles. The zero-order valence-corrected chi connectivity index (χ0v) is 14.1. The molecule has 0 radical (unpaired) electrons. The third-order valence-corrected chi connectivity index (χ3v) is 6.45. The van der Waals surface area contributed by atoms with E-state index in [2.05, 4.69) is 11.4 Å². The Morgan fingerprint density at radius 1 is 1.52 bits per heavy atom. The van der Waals surface area contributed by atoms with Crippen molar-refractivity contribution in [3.8, 4) is 0 Å². The molecule has 1 aromatic heterocycles. The normalized spacial score (nSPS) is 19.5. The Labute approximate surface area is 130 Å². The largest absolute Gasteiger partial charge is 0.339 e. The summed E-state index contributed by atoms with van der Waals surface area (Å²) in [4.78, 5) is 14.2. The molecule has 1 fully saturated rings. The van der Waals surface area contributed by atoms with Crippen LogP contribution in [0.1, 0.15) is 25.8 Å². The predicted octanol–water partition coefficient (Wildman–Crippen LogP) is 1.56. The average Bonchev–Trinajstić information content (AvgIpc) is 3.01. The highest BCUT2D eigenvalue weighted by molar-refractivity contribution is 7.89. The highest BCUT2D eigenvalue weighted by atomic mass is 32.2. The van der Waals surface area contributed by atoms with E-state index in [1.165, 1.54) is 9.87 Å². The van der Waals surface area contributed by atoms with Crippen LogP contribution in [0.4, 0.5) is 0 Å². The zero-order chi connectivity index (χ0) is 15.5. The summed E-state index contributed by atoms with van der Waals surface area (Å²) in [6, 6.07) is 2.13. The van der Waals surface area contributed by atoms with Crippen molar-refractivity contribution in [2.24, 2.45) is 0 Å². The van der Waals surface area contributed by atoms with Crippen LogP contribution in [0.2, 0.25) is 0 Å². The molecule has 0 aliphatic carbocycles. The number of carbonyl (C=O) groups is 1. The van der Waals surface area contributed by atoms with Gasteiger partial charge < -0.3 is 4.90 Å². The molecular formula is C14H22N2O3S2. The predicted molar refractivity (Wildman–Crippen MR) is 84.8 cm³/mol. The summed E-state index contributed by atoms with van der Waals surface area (Å²) in [7, 11) is -3.21. The quantitative estimate of drug-likeness (QED) is 0.795. The van der Waals surface area contributed by atoms with Crippen molar-refractivity contribution in [2.45, 2.75) is 32.7 Å². The Kier molecular flexibility index (Phi) is 5.40. The smallest absolute Gasteiger partial charge is 0.238 e. The molecule has 118 valence electrons. The maximum absolute atomic E-state index is 12.4. The maximum Gasteiger partial charge on any atom is 0.238 e. The standard InChI is InChI=1S/C14H22N2O3S2/c1-3-16(12(2)9-13-5-7-20-11-13)14(17)10-15-6-4-8-21(15,18)19/h5,7,11-12H,3-4,6,8-10H2,1-2H3/t12-/m0/s1.